The highest BCUT2D eigenvalue weighted by molar-refractivity contribution is 6.32. The molecule has 0 radical (unpaired) electrons. The average Bonchev–Trinajstić information content (AvgIpc) is 2.49. The van der Waals surface area contributed by atoms with Crippen molar-refractivity contribution in [2.75, 3.05) is 0 Å². The molecule has 1 atom stereocenters. The van der Waals surface area contributed by atoms with Crippen LogP contribution >= 0.6 is 11.6 Å². The number of nitrogens with one attached hydrogen (secondary N) is 1. The number of amides is 1. The van der Waals surface area contributed by atoms with Crippen molar-refractivity contribution in [3.05, 3.63) is 64.7 Å². The van der Waals surface area contributed by atoms with E-state index in [1.54, 1.807) is 19.1 Å². The third-order valence-electron chi connectivity index (χ3n) is 2.95. The third kappa shape index (κ3) is 4.43. The summed E-state index contributed by atoms with van der Waals surface area (Å²) >= 11 is 5.83. The molecule has 3 nitrogen and oxygen atoms in total. The van der Waals surface area contributed by atoms with Crippen LogP contribution in [0.15, 0.2) is 42.5 Å². The fourth-order valence-corrected chi connectivity index (χ4v) is 1.96. The van der Waals surface area contributed by atoms with Gasteiger partial charge in [-0.3, -0.25) is 4.79 Å². The zero-order valence-electron chi connectivity index (χ0n) is 11.8. The molecule has 0 heterocycles. The lowest BCUT2D eigenvalue weighted by Gasteiger charge is -2.15. The molecule has 1 unspecified atom stereocenters. The highest BCUT2D eigenvalue weighted by atomic mass is 35.5. The monoisotopic (exact) mass is 325 g/mol. The normalized spacial score (nSPS) is 11.8. The van der Waals surface area contributed by atoms with E-state index in [-0.39, 0.29) is 29.0 Å². The first-order valence-electron chi connectivity index (χ1n) is 6.59. The Morgan fingerprint density at radius 3 is 2.45 bits per heavy atom. The summed E-state index contributed by atoms with van der Waals surface area (Å²) < 4.78 is 31.1. The molecule has 0 saturated heterocycles. The summed E-state index contributed by atoms with van der Waals surface area (Å²) in [7, 11) is 0. The molecule has 0 aliphatic heterocycles. The summed E-state index contributed by atoms with van der Waals surface area (Å²) in [5.74, 6) is -0.944. The van der Waals surface area contributed by atoms with Gasteiger partial charge in [-0.1, -0.05) is 23.7 Å². The van der Waals surface area contributed by atoms with Crippen LogP contribution in [0.2, 0.25) is 5.02 Å². The summed E-state index contributed by atoms with van der Waals surface area (Å²) in [6.45, 7) is 1.81. The van der Waals surface area contributed by atoms with Crippen LogP contribution < -0.4 is 10.1 Å². The fraction of sp³-hybridized carbons (Fsp3) is 0.188. The number of carbonyl (C=O) groups is 1. The van der Waals surface area contributed by atoms with E-state index in [9.17, 15) is 13.6 Å². The topological polar surface area (TPSA) is 38.3 Å². The van der Waals surface area contributed by atoms with Gasteiger partial charge in [-0.15, -0.1) is 0 Å². The molecule has 6 heteroatoms. The van der Waals surface area contributed by atoms with Crippen molar-refractivity contribution in [3.8, 4) is 5.75 Å². The van der Waals surface area contributed by atoms with Gasteiger partial charge in [0, 0.05) is 6.54 Å². The molecule has 116 valence electrons. The lowest BCUT2D eigenvalue weighted by Crippen LogP contribution is -2.35. The molecule has 22 heavy (non-hydrogen) atoms. The Morgan fingerprint density at radius 2 is 1.82 bits per heavy atom. The molecule has 2 aromatic rings. The van der Waals surface area contributed by atoms with Crippen molar-refractivity contribution >= 4 is 17.5 Å². The SMILES string of the molecule is CC(Oc1ccc(F)cc1Cl)C(=O)NCc1ccc(F)cc1. The van der Waals surface area contributed by atoms with Crippen LogP contribution in [-0.2, 0) is 11.3 Å². The number of rotatable bonds is 5. The molecule has 0 aliphatic carbocycles. The number of hydrogen-bond donors (Lipinski definition) is 1. The Kier molecular flexibility index (Phi) is 5.33. The molecule has 2 aromatic carbocycles. The lowest BCUT2D eigenvalue weighted by atomic mass is 10.2. The first-order valence-corrected chi connectivity index (χ1v) is 6.97. The van der Waals surface area contributed by atoms with E-state index in [0.717, 1.165) is 11.6 Å². The number of ether oxygens (including phenoxy) is 1. The van der Waals surface area contributed by atoms with Crippen LogP contribution in [-0.4, -0.2) is 12.0 Å². The van der Waals surface area contributed by atoms with Crippen molar-refractivity contribution in [2.24, 2.45) is 0 Å². The van der Waals surface area contributed by atoms with E-state index in [4.69, 9.17) is 16.3 Å². The molecule has 0 saturated carbocycles. The second-order valence-corrected chi connectivity index (χ2v) is 5.09. The Hall–Kier alpha value is -2.14. The Balaban J connectivity index is 1.90. The van der Waals surface area contributed by atoms with Crippen LogP contribution in [0.25, 0.3) is 0 Å². The predicted octanol–water partition coefficient (Wildman–Crippen LogP) is 3.70. The first-order chi connectivity index (χ1) is 10.5. The van der Waals surface area contributed by atoms with E-state index in [1.165, 1.54) is 24.3 Å². The average molecular weight is 326 g/mol. The molecule has 0 fully saturated rings. The highest BCUT2D eigenvalue weighted by Crippen LogP contribution is 2.25. The Labute approximate surface area is 131 Å². The van der Waals surface area contributed by atoms with Gasteiger partial charge in [-0.25, -0.2) is 8.78 Å². The Bertz CT molecular complexity index is 662. The molecule has 0 aliphatic rings. The second-order valence-electron chi connectivity index (χ2n) is 4.68. The maximum Gasteiger partial charge on any atom is 0.261 e. The van der Waals surface area contributed by atoms with Gasteiger partial charge in [0.2, 0.25) is 0 Å². The zero-order chi connectivity index (χ0) is 16.1. The molecule has 1 amide bonds. The van der Waals surface area contributed by atoms with E-state index in [1.807, 2.05) is 0 Å². The standard InChI is InChI=1S/C16H14ClF2NO2/c1-10(22-15-7-6-13(19)8-14(15)17)16(21)20-9-11-2-4-12(18)5-3-11/h2-8,10H,9H2,1H3,(H,20,21). The molecule has 0 bridgehead atoms. The molecule has 1 N–H and O–H groups in total. The number of hydrogen-bond acceptors (Lipinski definition) is 2. The van der Waals surface area contributed by atoms with Crippen molar-refractivity contribution in [1.82, 2.24) is 5.32 Å². The van der Waals surface area contributed by atoms with Crippen molar-refractivity contribution < 1.29 is 18.3 Å². The van der Waals surface area contributed by atoms with Crippen LogP contribution in [0.4, 0.5) is 8.78 Å². The molecule has 0 spiro atoms. The van der Waals surface area contributed by atoms with Gasteiger partial charge in [0.1, 0.15) is 17.4 Å². The van der Waals surface area contributed by atoms with Gasteiger partial charge in [0.15, 0.2) is 6.10 Å². The predicted molar refractivity (Wildman–Crippen MR) is 79.7 cm³/mol. The number of carbonyl (C=O) groups excluding carboxylic acids is 1. The Morgan fingerprint density at radius 1 is 1.18 bits per heavy atom. The molecule has 0 aromatic heterocycles. The first kappa shape index (κ1) is 16.2. The largest absolute Gasteiger partial charge is 0.479 e. The van der Waals surface area contributed by atoms with Crippen molar-refractivity contribution in [2.45, 2.75) is 19.6 Å². The summed E-state index contributed by atoms with van der Waals surface area (Å²) in [6.07, 6.45) is -0.802. The maximum absolute atomic E-state index is 12.9. The zero-order valence-corrected chi connectivity index (χ0v) is 12.5. The fourth-order valence-electron chi connectivity index (χ4n) is 1.75. The van der Waals surface area contributed by atoms with Crippen LogP contribution in [0, 0.1) is 11.6 Å². The van der Waals surface area contributed by atoms with Crippen LogP contribution in [0.3, 0.4) is 0 Å². The van der Waals surface area contributed by atoms with E-state index in [2.05, 4.69) is 5.32 Å². The van der Waals surface area contributed by atoms with E-state index >= 15 is 0 Å². The van der Waals surface area contributed by atoms with E-state index < -0.39 is 11.9 Å². The summed E-state index contributed by atoms with van der Waals surface area (Å²) in [5, 5.41) is 2.76. The van der Waals surface area contributed by atoms with Gasteiger partial charge in [-0.2, -0.15) is 0 Å². The van der Waals surface area contributed by atoms with Gasteiger partial charge in [0.25, 0.3) is 5.91 Å². The molecular formula is C16H14ClF2NO2. The second kappa shape index (κ2) is 7.22. The minimum absolute atomic E-state index is 0.0955. The van der Waals surface area contributed by atoms with Crippen molar-refractivity contribution in [1.29, 1.82) is 0 Å². The lowest BCUT2D eigenvalue weighted by molar-refractivity contribution is -0.127. The number of benzene rings is 2. The van der Waals surface area contributed by atoms with Crippen LogP contribution in [0.1, 0.15) is 12.5 Å². The summed E-state index contributed by atoms with van der Waals surface area (Å²) in [6, 6.07) is 9.47. The highest BCUT2D eigenvalue weighted by Gasteiger charge is 2.16. The minimum atomic E-state index is -0.802. The summed E-state index contributed by atoms with van der Waals surface area (Å²) in [5.41, 5.74) is 0.766. The third-order valence-corrected chi connectivity index (χ3v) is 3.24. The van der Waals surface area contributed by atoms with Gasteiger partial charge < -0.3 is 10.1 Å². The van der Waals surface area contributed by atoms with Crippen LogP contribution in [0.5, 0.6) is 5.75 Å². The quantitative estimate of drug-likeness (QED) is 0.910. The van der Waals surface area contributed by atoms with E-state index in [0.29, 0.717) is 0 Å². The van der Waals surface area contributed by atoms with Gasteiger partial charge >= 0.3 is 0 Å². The maximum atomic E-state index is 12.9. The minimum Gasteiger partial charge on any atom is -0.479 e. The smallest absolute Gasteiger partial charge is 0.261 e. The van der Waals surface area contributed by atoms with Gasteiger partial charge in [0.05, 0.1) is 5.02 Å². The van der Waals surface area contributed by atoms with Crippen molar-refractivity contribution in [3.63, 3.8) is 0 Å². The molecule has 2 rings (SSSR count). The molecular weight excluding hydrogens is 312 g/mol. The number of halogens is 3. The summed E-state index contributed by atoms with van der Waals surface area (Å²) in [4.78, 5) is 11.9. The van der Waals surface area contributed by atoms with Gasteiger partial charge in [-0.05, 0) is 42.8 Å².